The van der Waals surface area contributed by atoms with Gasteiger partial charge in [0.15, 0.2) is 0 Å². The first-order valence-corrected chi connectivity index (χ1v) is 5.74. The fourth-order valence-corrected chi connectivity index (χ4v) is 1.83. The largest absolute Gasteiger partial charge is 0.330 e. The molecular formula is C13H23N3. The van der Waals surface area contributed by atoms with Crippen LogP contribution in [0.15, 0.2) is 18.3 Å². The van der Waals surface area contributed by atoms with E-state index < -0.39 is 0 Å². The summed E-state index contributed by atoms with van der Waals surface area (Å²) in [7, 11) is 2.13. The van der Waals surface area contributed by atoms with Gasteiger partial charge in [-0.25, -0.2) is 0 Å². The van der Waals surface area contributed by atoms with Gasteiger partial charge in [-0.2, -0.15) is 0 Å². The lowest BCUT2D eigenvalue weighted by atomic mass is 9.93. The summed E-state index contributed by atoms with van der Waals surface area (Å²) in [6, 6.07) is 4.12. The Morgan fingerprint density at radius 2 is 2.12 bits per heavy atom. The second-order valence-electron chi connectivity index (χ2n) is 5.29. The molecule has 0 atom stereocenters. The highest BCUT2D eigenvalue weighted by atomic mass is 15.1. The summed E-state index contributed by atoms with van der Waals surface area (Å²) in [6.45, 7) is 9.08. The number of nitrogens with zero attached hydrogens (tertiary/aromatic N) is 2. The summed E-state index contributed by atoms with van der Waals surface area (Å²) in [4.78, 5) is 6.60. The molecule has 90 valence electrons. The third-order valence-corrected chi connectivity index (χ3v) is 2.81. The van der Waals surface area contributed by atoms with Gasteiger partial charge in [-0.05, 0) is 37.6 Å². The van der Waals surface area contributed by atoms with Crippen molar-refractivity contribution < 1.29 is 0 Å². The normalized spacial score (nSPS) is 12.1. The molecule has 3 heteroatoms. The molecule has 0 saturated heterocycles. The van der Waals surface area contributed by atoms with Crippen molar-refractivity contribution in [1.29, 1.82) is 0 Å². The molecule has 1 aromatic rings. The first-order valence-electron chi connectivity index (χ1n) is 5.74. The van der Waals surface area contributed by atoms with Gasteiger partial charge < -0.3 is 10.6 Å². The van der Waals surface area contributed by atoms with E-state index >= 15 is 0 Å². The van der Waals surface area contributed by atoms with Crippen molar-refractivity contribution in [3.8, 4) is 0 Å². The smallest absolute Gasteiger partial charge is 0.0417 e. The van der Waals surface area contributed by atoms with Crippen LogP contribution in [0.3, 0.4) is 0 Å². The van der Waals surface area contributed by atoms with Crippen LogP contribution >= 0.6 is 0 Å². The number of aromatic nitrogens is 1. The fraction of sp³-hybridized carbons (Fsp3) is 0.615. The van der Waals surface area contributed by atoms with Gasteiger partial charge in [-0.15, -0.1) is 0 Å². The molecule has 1 rings (SSSR count). The number of rotatable bonds is 5. The average Bonchev–Trinajstić information content (AvgIpc) is 2.21. The lowest BCUT2D eigenvalue weighted by Gasteiger charge is -2.29. The highest BCUT2D eigenvalue weighted by Gasteiger charge is 2.18. The lowest BCUT2D eigenvalue weighted by Crippen LogP contribution is -2.36. The maximum absolute atomic E-state index is 5.74. The highest BCUT2D eigenvalue weighted by Crippen LogP contribution is 2.16. The molecule has 0 bridgehead atoms. The van der Waals surface area contributed by atoms with E-state index in [4.69, 9.17) is 5.73 Å². The number of pyridine rings is 1. The van der Waals surface area contributed by atoms with E-state index in [1.54, 1.807) is 0 Å². The van der Waals surface area contributed by atoms with E-state index in [-0.39, 0.29) is 5.41 Å². The summed E-state index contributed by atoms with van der Waals surface area (Å²) in [5, 5.41) is 0. The molecule has 0 aliphatic rings. The van der Waals surface area contributed by atoms with Crippen LogP contribution in [0.5, 0.6) is 0 Å². The van der Waals surface area contributed by atoms with Crippen LogP contribution in [0.2, 0.25) is 0 Å². The van der Waals surface area contributed by atoms with Gasteiger partial charge in [0, 0.05) is 25.0 Å². The van der Waals surface area contributed by atoms with Crippen LogP contribution in [0.1, 0.15) is 25.1 Å². The molecule has 0 spiro atoms. The van der Waals surface area contributed by atoms with Crippen molar-refractivity contribution in [3.63, 3.8) is 0 Å². The van der Waals surface area contributed by atoms with Crippen molar-refractivity contribution in [2.45, 2.75) is 27.3 Å². The number of aryl methyl sites for hydroxylation is 1. The average molecular weight is 221 g/mol. The Hall–Kier alpha value is -0.930. The zero-order chi connectivity index (χ0) is 12.2. The molecule has 2 N–H and O–H groups in total. The summed E-state index contributed by atoms with van der Waals surface area (Å²) in [5.41, 5.74) is 8.31. The Balaban J connectivity index is 2.58. The predicted molar refractivity (Wildman–Crippen MR) is 68.1 cm³/mol. The number of hydrogen-bond donors (Lipinski definition) is 1. The zero-order valence-electron chi connectivity index (χ0n) is 10.8. The van der Waals surface area contributed by atoms with Crippen molar-refractivity contribution in [2.24, 2.45) is 11.1 Å². The molecule has 16 heavy (non-hydrogen) atoms. The van der Waals surface area contributed by atoms with Gasteiger partial charge in [-0.3, -0.25) is 4.98 Å². The Kier molecular flexibility index (Phi) is 4.44. The zero-order valence-corrected chi connectivity index (χ0v) is 10.8. The summed E-state index contributed by atoms with van der Waals surface area (Å²) < 4.78 is 0. The Morgan fingerprint density at radius 1 is 1.44 bits per heavy atom. The lowest BCUT2D eigenvalue weighted by molar-refractivity contribution is 0.209. The first kappa shape index (κ1) is 13.1. The van der Waals surface area contributed by atoms with Crippen LogP contribution < -0.4 is 5.73 Å². The van der Waals surface area contributed by atoms with Crippen molar-refractivity contribution in [2.75, 3.05) is 20.1 Å². The van der Waals surface area contributed by atoms with Gasteiger partial charge in [0.1, 0.15) is 0 Å². The van der Waals surface area contributed by atoms with Crippen LogP contribution in [0.25, 0.3) is 0 Å². The molecule has 0 radical (unpaired) electrons. The number of hydrogen-bond acceptors (Lipinski definition) is 3. The van der Waals surface area contributed by atoms with Gasteiger partial charge in [0.2, 0.25) is 0 Å². The molecule has 0 amide bonds. The van der Waals surface area contributed by atoms with Crippen LogP contribution in [0.4, 0.5) is 0 Å². The molecule has 3 nitrogen and oxygen atoms in total. The SMILES string of the molecule is Cc1ncccc1CN(C)CC(C)(C)CN. The van der Waals surface area contributed by atoms with Crippen LogP contribution in [-0.2, 0) is 6.54 Å². The first-order chi connectivity index (χ1) is 7.44. The van der Waals surface area contributed by atoms with Crippen molar-refractivity contribution in [1.82, 2.24) is 9.88 Å². The second-order valence-corrected chi connectivity index (χ2v) is 5.29. The van der Waals surface area contributed by atoms with Gasteiger partial charge >= 0.3 is 0 Å². The van der Waals surface area contributed by atoms with E-state index in [2.05, 4.69) is 43.8 Å². The maximum Gasteiger partial charge on any atom is 0.0417 e. The van der Waals surface area contributed by atoms with E-state index in [1.807, 2.05) is 12.3 Å². The van der Waals surface area contributed by atoms with E-state index in [9.17, 15) is 0 Å². The number of nitrogens with two attached hydrogens (primary N) is 1. The van der Waals surface area contributed by atoms with Crippen LogP contribution in [-0.4, -0.2) is 30.0 Å². The maximum atomic E-state index is 5.74. The monoisotopic (exact) mass is 221 g/mol. The fourth-order valence-electron chi connectivity index (χ4n) is 1.83. The molecule has 0 saturated carbocycles. The molecule has 1 heterocycles. The molecule has 1 aromatic heterocycles. The third kappa shape index (κ3) is 3.91. The molecule has 0 aromatic carbocycles. The second kappa shape index (κ2) is 5.41. The van der Waals surface area contributed by atoms with Gasteiger partial charge in [-0.1, -0.05) is 19.9 Å². The van der Waals surface area contributed by atoms with Crippen molar-refractivity contribution in [3.05, 3.63) is 29.6 Å². The standard InChI is InChI=1S/C13H23N3/c1-11-12(6-5-7-15-11)8-16(4)10-13(2,3)9-14/h5-7H,8-10,14H2,1-4H3. The predicted octanol–water partition coefficient (Wildman–Crippen LogP) is 1.81. The van der Waals surface area contributed by atoms with Crippen LogP contribution in [0, 0.1) is 12.3 Å². The Bertz CT molecular complexity index is 334. The Morgan fingerprint density at radius 3 is 2.69 bits per heavy atom. The molecule has 0 aliphatic carbocycles. The minimum atomic E-state index is 0.171. The molecule has 0 unspecified atom stereocenters. The molecule has 0 aliphatic heterocycles. The summed E-state index contributed by atoms with van der Waals surface area (Å²) in [6.07, 6.45) is 1.84. The Labute approximate surface area is 98.7 Å². The van der Waals surface area contributed by atoms with E-state index in [1.165, 1.54) is 5.56 Å². The van der Waals surface area contributed by atoms with Gasteiger partial charge in [0.05, 0.1) is 0 Å². The highest BCUT2D eigenvalue weighted by molar-refractivity contribution is 5.17. The summed E-state index contributed by atoms with van der Waals surface area (Å²) in [5.74, 6) is 0. The quantitative estimate of drug-likeness (QED) is 0.824. The molecular weight excluding hydrogens is 198 g/mol. The molecule has 0 fully saturated rings. The van der Waals surface area contributed by atoms with Crippen molar-refractivity contribution >= 4 is 0 Å². The summed E-state index contributed by atoms with van der Waals surface area (Å²) >= 11 is 0. The topological polar surface area (TPSA) is 42.2 Å². The minimum absolute atomic E-state index is 0.171. The van der Waals surface area contributed by atoms with E-state index in [0.29, 0.717) is 6.54 Å². The minimum Gasteiger partial charge on any atom is -0.330 e. The van der Waals surface area contributed by atoms with Gasteiger partial charge in [0.25, 0.3) is 0 Å². The third-order valence-electron chi connectivity index (χ3n) is 2.81. The van der Waals surface area contributed by atoms with E-state index in [0.717, 1.165) is 18.8 Å².